The van der Waals surface area contributed by atoms with E-state index < -0.39 is 0 Å². The van der Waals surface area contributed by atoms with E-state index in [0.717, 1.165) is 0 Å². The van der Waals surface area contributed by atoms with Crippen LogP contribution in [0.1, 0.15) is 4.44 Å². The van der Waals surface area contributed by atoms with Gasteiger partial charge >= 0.3 is 94.3 Å². The molecule has 0 atom stereocenters. The van der Waals surface area contributed by atoms with Crippen LogP contribution in [0.2, 0.25) is 0 Å². The fourth-order valence-corrected chi connectivity index (χ4v) is 5.18. The zero-order valence-electron chi connectivity index (χ0n) is 7.28. The molecule has 0 fully saturated rings. The molecule has 2 heterocycles. The molecule has 0 saturated carbocycles. The first-order chi connectivity index (χ1) is 6.86. The molecule has 0 amide bonds. The van der Waals surface area contributed by atoms with E-state index in [9.17, 15) is 0 Å². The Bertz CT molecular complexity index is 602. The third-order valence-corrected chi connectivity index (χ3v) is 6.24. The van der Waals surface area contributed by atoms with E-state index in [1.54, 1.807) is 0 Å². The average Bonchev–Trinajstić information content (AvgIpc) is 2.77. The van der Waals surface area contributed by atoms with Gasteiger partial charge in [0.25, 0.3) is 0 Å². The summed E-state index contributed by atoms with van der Waals surface area (Å²) in [6.07, 6.45) is 5.42. The zero-order chi connectivity index (χ0) is 9.54. The molecule has 0 aliphatic carbocycles. The number of hydrogen-bond donors (Lipinski definition) is 0. The molecule has 0 unspecified atom stereocenters. The van der Waals surface area contributed by atoms with E-state index in [1.807, 2.05) is 0 Å². The van der Waals surface area contributed by atoms with Crippen LogP contribution in [0.4, 0.5) is 0 Å². The predicted octanol–water partition coefficient (Wildman–Crippen LogP) is 2.09. The van der Waals surface area contributed by atoms with Gasteiger partial charge < -0.3 is 0 Å². The van der Waals surface area contributed by atoms with E-state index in [4.69, 9.17) is 6.42 Å². The maximum atomic E-state index is 5.42. The predicted molar refractivity (Wildman–Crippen MR) is 63.3 cm³/mol. The van der Waals surface area contributed by atoms with E-state index in [1.165, 1.54) is 23.7 Å². The number of terminal acetylenes is 1. The van der Waals surface area contributed by atoms with Gasteiger partial charge in [0, 0.05) is 0 Å². The monoisotopic (exact) mass is 310 g/mol. The van der Waals surface area contributed by atoms with Crippen LogP contribution in [0.3, 0.4) is 0 Å². The van der Waals surface area contributed by atoms with Crippen LogP contribution >= 0.6 is 0 Å². The van der Waals surface area contributed by atoms with E-state index >= 15 is 0 Å². The minimum absolute atomic E-state index is 0.378. The number of hydrogen-bond acceptors (Lipinski definition) is 0. The summed E-state index contributed by atoms with van der Waals surface area (Å²) in [7, 11) is 0. The quantitative estimate of drug-likeness (QED) is 0.441. The number of benzene rings is 1. The van der Waals surface area contributed by atoms with Crippen molar-refractivity contribution in [2.45, 2.75) is 0 Å². The Kier molecular flexibility index (Phi) is 1.94. The summed E-state index contributed by atoms with van der Waals surface area (Å²) in [6.45, 7) is 0. The normalized spacial score (nSPS) is 10.8. The second-order valence-electron chi connectivity index (χ2n) is 3.10. The van der Waals surface area contributed by atoms with Gasteiger partial charge in [-0.15, -0.1) is 0 Å². The molecule has 0 saturated heterocycles. The van der Waals surface area contributed by atoms with Crippen molar-refractivity contribution in [2.24, 2.45) is 0 Å². The molecule has 0 aliphatic heterocycles. The first kappa shape index (κ1) is 8.59. The maximum absolute atomic E-state index is 5.42. The molecule has 2 heteroatoms. The Morgan fingerprint density at radius 2 is 1.93 bits per heavy atom. The Morgan fingerprint density at radius 3 is 2.79 bits per heavy atom. The van der Waals surface area contributed by atoms with Crippen molar-refractivity contribution in [3.8, 4) is 12.3 Å². The second-order valence-corrected chi connectivity index (χ2v) is 7.37. The molecule has 0 nitrogen and oxygen atoms in total. The van der Waals surface area contributed by atoms with Gasteiger partial charge in [-0.05, 0) is 0 Å². The average molecular weight is 308 g/mol. The van der Waals surface area contributed by atoms with Crippen LogP contribution in [0.5, 0.6) is 0 Å². The van der Waals surface area contributed by atoms with Crippen LogP contribution in [-0.2, 0) is 0 Å². The van der Waals surface area contributed by atoms with Gasteiger partial charge in [-0.25, -0.2) is 0 Å². The van der Waals surface area contributed by atoms with Gasteiger partial charge in [-0.1, -0.05) is 0 Å². The van der Waals surface area contributed by atoms with Gasteiger partial charge in [0.2, 0.25) is 0 Å². The summed E-state index contributed by atoms with van der Waals surface area (Å²) in [6, 6.07) is 9.04. The van der Waals surface area contributed by atoms with E-state index in [2.05, 4.69) is 35.1 Å². The molecular weight excluding hydrogens is 302 g/mol. The Balaban J connectivity index is 2.48. The van der Waals surface area contributed by atoms with Crippen LogP contribution in [0.25, 0.3) is 19.3 Å². The third-order valence-electron chi connectivity index (χ3n) is 2.23. The summed E-state index contributed by atoms with van der Waals surface area (Å²) in [5, 5.41) is 2.78. The van der Waals surface area contributed by atoms with Crippen LogP contribution in [0, 0.1) is 12.3 Å². The minimum atomic E-state index is 0.378. The summed E-state index contributed by atoms with van der Waals surface area (Å²) < 4.78 is 4.13. The Morgan fingerprint density at radius 1 is 1.07 bits per heavy atom. The van der Waals surface area contributed by atoms with Crippen LogP contribution in [0.15, 0.2) is 29.2 Å². The molecule has 3 aromatic rings. The van der Waals surface area contributed by atoms with Gasteiger partial charge in [0.15, 0.2) is 0 Å². The molecular formula is C12H6Se2. The molecule has 66 valence electrons. The number of fused-ring (bicyclic) bond motifs is 2. The van der Waals surface area contributed by atoms with Gasteiger partial charge in [-0.2, -0.15) is 0 Å². The van der Waals surface area contributed by atoms with Gasteiger partial charge in [0.1, 0.15) is 0 Å². The van der Waals surface area contributed by atoms with Crippen molar-refractivity contribution >= 4 is 48.3 Å². The first-order valence-electron chi connectivity index (χ1n) is 4.24. The van der Waals surface area contributed by atoms with Crippen molar-refractivity contribution in [3.05, 3.63) is 33.6 Å². The molecule has 0 bridgehead atoms. The van der Waals surface area contributed by atoms with E-state index in [0.29, 0.717) is 29.0 Å². The second kappa shape index (κ2) is 3.16. The molecule has 0 radical (unpaired) electrons. The van der Waals surface area contributed by atoms with Crippen molar-refractivity contribution in [3.63, 3.8) is 0 Å². The van der Waals surface area contributed by atoms with Crippen molar-refractivity contribution in [1.82, 2.24) is 0 Å². The standard InChI is InChI=1S/C12H6Se2/c1-2-10-5-9-7-11-8(3-4-13-11)6-12(9)14-10/h1,3-7H. The summed E-state index contributed by atoms with van der Waals surface area (Å²) in [4.78, 5) is 2.28. The summed E-state index contributed by atoms with van der Waals surface area (Å²) in [5.74, 6) is 2.76. The van der Waals surface area contributed by atoms with Gasteiger partial charge in [-0.3, -0.25) is 0 Å². The van der Waals surface area contributed by atoms with Crippen LogP contribution < -0.4 is 0 Å². The van der Waals surface area contributed by atoms with E-state index in [-0.39, 0.29) is 0 Å². The molecule has 0 spiro atoms. The summed E-state index contributed by atoms with van der Waals surface area (Å²) >= 11 is 0.923. The molecule has 14 heavy (non-hydrogen) atoms. The molecule has 0 N–H and O–H groups in total. The van der Waals surface area contributed by atoms with Gasteiger partial charge in [0.05, 0.1) is 0 Å². The van der Waals surface area contributed by atoms with Crippen molar-refractivity contribution in [2.75, 3.05) is 0 Å². The number of rotatable bonds is 0. The molecule has 0 aliphatic rings. The molecule has 3 rings (SSSR count). The topological polar surface area (TPSA) is 0 Å². The molecule has 1 aromatic carbocycles. The molecule has 2 aromatic heterocycles. The third kappa shape index (κ3) is 1.22. The first-order valence-corrected chi connectivity index (χ1v) is 7.80. The van der Waals surface area contributed by atoms with Crippen molar-refractivity contribution < 1.29 is 0 Å². The SMILES string of the molecule is C#Cc1cc2cc3[se]ccc3cc2[se]1. The Labute approximate surface area is 94.0 Å². The fraction of sp³-hybridized carbons (Fsp3) is 0. The zero-order valence-corrected chi connectivity index (χ0v) is 10.7. The van der Waals surface area contributed by atoms with Crippen LogP contribution in [-0.4, -0.2) is 29.0 Å². The summed E-state index contributed by atoms with van der Waals surface area (Å²) in [5.41, 5.74) is 0. The van der Waals surface area contributed by atoms with Crippen molar-refractivity contribution in [1.29, 1.82) is 0 Å². The Hall–Kier alpha value is -0.701. The fourth-order valence-electron chi connectivity index (χ4n) is 1.57.